The molecule has 0 aliphatic carbocycles. The molecule has 5 heteroatoms. The van der Waals surface area contributed by atoms with Gasteiger partial charge in [0, 0.05) is 4.47 Å². The van der Waals surface area contributed by atoms with Gasteiger partial charge in [0.2, 0.25) is 5.91 Å². The fourth-order valence-corrected chi connectivity index (χ4v) is 3.36. The van der Waals surface area contributed by atoms with Crippen molar-refractivity contribution in [3.8, 4) is 0 Å². The molecule has 0 bridgehead atoms. The number of rotatable bonds is 4. The standard InChI is InChI=1S/C20H22BrNO3/c1-20(2)24-13-17(19(25-20)14-8-4-3-5-9-14)22-18(23)12-15-10-6-7-11-16(15)21/h3-11,17,19H,12-13H2,1-2H3,(H,22,23)/t17-,19+/m0/s1. The monoisotopic (exact) mass is 403 g/mol. The van der Waals surface area contributed by atoms with E-state index in [2.05, 4.69) is 21.2 Å². The molecule has 1 aliphatic rings. The van der Waals surface area contributed by atoms with Gasteiger partial charge in [-0.2, -0.15) is 0 Å². The lowest BCUT2D eigenvalue weighted by molar-refractivity contribution is -0.284. The Labute approximate surface area is 156 Å². The third-order valence-corrected chi connectivity index (χ3v) is 4.94. The second-order valence-corrected chi connectivity index (χ2v) is 7.46. The van der Waals surface area contributed by atoms with Gasteiger partial charge in [-0.15, -0.1) is 0 Å². The summed E-state index contributed by atoms with van der Waals surface area (Å²) in [6.45, 7) is 4.19. The summed E-state index contributed by atoms with van der Waals surface area (Å²) in [4.78, 5) is 12.5. The lowest BCUT2D eigenvalue weighted by Gasteiger charge is -2.41. The third kappa shape index (κ3) is 4.69. The van der Waals surface area contributed by atoms with Crippen LogP contribution in [-0.4, -0.2) is 24.3 Å². The summed E-state index contributed by atoms with van der Waals surface area (Å²) < 4.78 is 12.8. The van der Waals surface area contributed by atoms with Gasteiger partial charge >= 0.3 is 0 Å². The molecular weight excluding hydrogens is 382 g/mol. The van der Waals surface area contributed by atoms with E-state index in [1.807, 2.05) is 68.4 Å². The molecule has 1 heterocycles. The number of amides is 1. The van der Waals surface area contributed by atoms with Crippen molar-refractivity contribution in [3.05, 3.63) is 70.2 Å². The zero-order valence-corrected chi connectivity index (χ0v) is 16.0. The Hall–Kier alpha value is -1.69. The zero-order valence-electron chi connectivity index (χ0n) is 14.4. The number of hydrogen-bond donors (Lipinski definition) is 1. The topological polar surface area (TPSA) is 47.6 Å². The number of carbonyl (C=O) groups is 1. The van der Waals surface area contributed by atoms with Gasteiger partial charge in [0.05, 0.1) is 19.1 Å². The summed E-state index contributed by atoms with van der Waals surface area (Å²) in [6.07, 6.45) is 0.0659. The smallest absolute Gasteiger partial charge is 0.224 e. The summed E-state index contributed by atoms with van der Waals surface area (Å²) in [5, 5.41) is 3.07. The molecule has 0 radical (unpaired) electrons. The Bertz CT molecular complexity index is 733. The minimum absolute atomic E-state index is 0.0512. The van der Waals surface area contributed by atoms with Crippen molar-refractivity contribution in [2.45, 2.75) is 38.2 Å². The van der Waals surface area contributed by atoms with Crippen molar-refractivity contribution < 1.29 is 14.3 Å². The lowest BCUT2D eigenvalue weighted by atomic mass is 10.00. The van der Waals surface area contributed by atoms with Crippen LogP contribution < -0.4 is 5.32 Å². The fourth-order valence-electron chi connectivity index (χ4n) is 2.93. The Balaban J connectivity index is 1.73. The van der Waals surface area contributed by atoms with Gasteiger partial charge in [-0.3, -0.25) is 4.79 Å². The Morgan fingerprint density at radius 3 is 2.56 bits per heavy atom. The van der Waals surface area contributed by atoms with Gasteiger partial charge < -0.3 is 14.8 Å². The molecule has 0 aromatic heterocycles. The summed E-state index contributed by atoms with van der Waals surface area (Å²) in [5.41, 5.74) is 1.99. The van der Waals surface area contributed by atoms with Gasteiger partial charge in [-0.1, -0.05) is 64.5 Å². The van der Waals surface area contributed by atoms with Crippen molar-refractivity contribution in [1.82, 2.24) is 5.32 Å². The highest BCUT2D eigenvalue weighted by Crippen LogP contribution is 2.33. The second kappa shape index (κ2) is 7.68. The van der Waals surface area contributed by atoms with E-state index in [1.165, 1.54) is 0 Å². The maximum absolute atomic E-state index is 12.5. The molecule has 132 valence electrons. The summed E-state index contributed by atoms with van der Waals surface area (Å²) >= 11 is 3.48. The highest BCUT2D eigenvalue weighted by atomic mass is 79.9. The van der Waals surface area contributed by atoms with E-state index < -0.39 is 5.79 Å². The normalized spacial score (nSPS) is 22.4. The van der Waals surface area contributed by atoms with E-state index in [9.17, 15) is 4.79 Å². The molecule has 0 spiro atoms. The molecule has 2 aromatic rings. The summed E-state index contributed by atoms with van der Waals surface area (Å²) in [7, 11) is 0. The molecule has 1 N–H and O–H groups in total. The minimum atomic E-state index is -0.676. The number of benzene rings is 2. The molecule has 3 rings (SSSR count). The van der Waals surface area contributed by atoms with Crippen LogP contribution in [0.1, 0.15) is 31.1 Å². The second-order valence-electron chi connectivity index (χ2n) is 6.60. The van der Waals surface area contributed by atoms with E-state index >= 15 is 0 Å². The average molecular weight is 404 g/mol. The molecule has 0 unspecified atom stereocenters. The average Bonchev–Trinajstić information content (AvgIpc) is 2.59. The first-order valence-corrected chi connectivity index (χ1v) is 9.13. The first kappa shape index (κ1) is 18.1. The van der Waals surface area contributed by atoms with Crippen LogP contribution in [0.15, 0.2) is 59.1 Å². The quantitative estimate of drug-likeness (QED) is 0.838. The van der Waals surface area contributed by atoms with Crippen molar-refractivity contribution in [2.75, 3.05) is 6.61 Å². The van der Waals surface area contributed by atoms with Gasteiger partial charge in [-0.25, -0.2) is 0 Å². The first-order chi connectivity index (χ1) is 11.9. The van der Waals surface area contributed by atoms with E-state index in [0.29, 0.717) is 13.0 Å². The number of ether oxygens (including phenoxy) is 2. The summed E-state index contributed by atoms with van der Waals surface area (Å²) in [6, 6.07) is 17.4. The predicted molar refractivity (Wildman–Crippen MR) is 100 cm³/mol. The number of carbonyl (C=O) groups excluding carboxylic acids is 1. The predicted octanol–water partition coefficient (Wildman–Crippen LogP) is 4.00. The van der Waals surface area contributed by atoms with Crippen LogP contribution >= 0.6 is 15.9 Å². The van der Waals surface area contributed by atoms with Crippen molar-refractivity contribution in [1.29, 1.82) is 0 Å². The van der Waals surface area contributed by atoms with Crippen LogP contribution in [0.4, 0.5) is 0 Å². The SMILES string of the molecule is CC1(C)OC[C@H](NC(=O)Cc2ccccc2Br)[C@@H](c2ccccc2)O1. The molecule has 0 saturated carbocycles. The van der Waals surface area contributed by atoms with Crippen LogP contribution in [0.2, 0.25) is 0 Å². The van der Waals surface area contributed by atoms with Crippen LogP contribution in [0.25, 0.3) is 0 Å². The maximum atomic E-state index is 12.5. The van der Waals surface area contributed by atoms with E-state index in [1.54, 1.807) is 0 Å². The van der Waals surface area contributed by atoms with Crippen molar-refractivity contribution >= 4 is 21.8 Å². The Morgan fingerprint density at radius 2 is 1.84 bits per heavy atom. The van der Waals surface area contributed by atoms with Gasteiger partial charge in [0.25, 0.3) is 0 Å². The summed E-state index contributed by atoms with van der Waals surface area (Å²) in [5.74, 6) is -0.728. The van der Waals surface area contributed by atoms with Crippen molar-refractivity contribution in [2.24, 2.45) is 0 Å². The molecular formula is C20H22BrNO3. The zero-order chi connectivity index (χ0) is 17.9. The maximum Gasteiger partial charge on any atom is 0.224 e. The highest BCUT2D eigenvalue weighted by Gasteiger charge is 2.38. The molecule has 25 heavy (non-hydrogen) atoms. The van der Waals surface area contributed by atoms with Crippen LogP contribution in [0, 0.1) is 0 Å². The van der Waals surface area contributed by atoms with Crippen LogP contribution in [0.3, 0.4) is 0 Å². The fraction of sp³-hybridized carbons (Fsp3) is 0.350. The number of hydrogen-bond acceptors (Lipinski definition) is 3. The van der Waals surface area contributed by atoms with Crippen LogP contribution in [0.5, 0.6) is 0 Å². The first-order valence-electron chi connectivity index (χ1n) is 8.34. The van der Waals surface area contributed by atoms with Gasteiger partial charge in [0.15, 0.2) is 5.79 Å². The highest BCUT2D eigenvalue weighted by molar-refractivity contribution is 9.10. The molecule has 2 atom stereocenters. The molecule has 1 saturated heterocycles. The van der Waals surface area contributed by atoms with Gasteiger partial charge in [0.1, 0.15) is 6.10 Å². The molecule has 1 aliphatic heterocycles. The van der Waals surface area contributed by atoms with Crippen molar-refractivity contribution in [3.63, 3.8) is 0 Å². The molecule has 1 amide bonds. The number of nitrogens with one attached hydrogen (secondary N) is 1. The van der Waals surface area contributed by atoms with E-state index in [-0.39, 0.29) is 18.1 Å². The lowest BCUT2D eigenvalue weighted by Crippen LogP contribution is -2.52. The third-order valence-electron chi connectivity index (χ3n) is 4.17. The Morgan fingerprint density at radius 1 is 1.16 bits per heavy atom. The van der Waals surface area contributed by atoms with Crippen LogP contribution in [-0.2, 0) is 20.7 Å². The van der Waals surface area contributed by atoms with E-state index in [0.717, 1.165) is 15.6 Å². The molecule has 2 aromatic carbocycles. The Kier molecular flexibility index (Phi) is 5.57. The molecule has 4 nitrogen and oxygen atoms in total. The number of halogens is 1. The van der Waals surface area contributed by atoms with E-state index in [4.69, 9.17) is 9.47 Å². The largest absolute Gasteiger partial charge is 0.348 e. The molecule has 1 fully saturated rings. The minimum Gasteiger partial charge on any atom is -0.348 e. The van der Waals surface area contributed by atoms with Gasteiger partial charge in [-0.05, 0) is 31.0 Å².